The maximum absolute atomic E-state index is 12.5. The zero-order valence-corrected chi connectivity index (χ0v) is 19.1. The summed E-state index contributed by atoms with van der Waals surface area (Å²) in [5.41, 5.74) is 1.82. The first-order valence-corrected chi connectivity index (χ1v) is 10.8. The molecule has 33 heavy (non-hydrogen) atoms. The quantitative estimate of drug-likeness (QED) is 0.544. The van der Waals surface area contributed by atoms with Crippen LogP contribution < -0.4 is 15.0 Å². The lowest BCUT2D eigenvalue weighted by atomic mass is 10.1. The second kappa shape index (κ2) is 10.0. The molecule has 4 rings (SSSR count). The molecule has 0 atom stereocenters. The average molecular weight is 453 g/mol. The van der Waals surface area contributed by atoms with Crippen molar-refractivity contribution in [2.75, 3.05) is 47.5 Å². The molecule has 9 nitrogen and oxygen atoms in total. The molecule has 0 radical (unpaired) electrons. The highest BCUT2D eigenvalue weighted by Crippen LogP contribution is 2.28. The number of benzene rings is 2. The van der Waals surface area contributed by atoms with Gasteiger partial charge < -0.3 is 19.2 Å². The minimum Gasteiger partial charge on any atom is -0.493 e. The first-order chi connectivity index (χ1) is 16.0. The molecule has 0 unspecified atom stereocenters. The number of fused-ring (bicyclic) bond motifs is 1. The summed E-state index contributed by atoms with van der Waals surface area (Å²) in [5, 5.41) is 0.450. The molecule has 2 aromatic carbocycles. The third-order valence-electron chi connectivity index (χ3n) is 5.87. The lowest BCUT2D eigenvalue weighted by molar-refractivity contribution is 0.0601. The van der Waals surface area contributed by atoms with Gasteiger partial charge in [0.15, 0.2) is 11.5 Å². The Hall–Kier alpha value is -3.43. The number of H-pyrrole nitrogens is 1. The minimum atomic E-state index is -0.453. The van der Waals surface area contributed by atoms with E-state index in [0.29, 0.717) is 28.8 Å². The van der Waals surface area contributed by atoms with Gasteiger partial charge in [-0.15, -0.1) is 0 Å². The fraction of sp³-hybridized carbons (Fsp3) is 0.375. The number of carbonyl (C=O) groups excluding carboxylic acids is 1. The van der Waals surface area contributed by atoms with E-state index in [9.17, 15) is 9.59 Å². The normalized spacial score (nSPS) is 14.9. The first kappa shape index (κ1) is 22.8. The molecule has 0 aliphatic carbocycles. The number of ether oxygens (including phenoxy) is 3. The van der Waals surface area contributed by atoms with Crippen molar-refractivity contribution < 1.29 is 19.0 Å². The van der Waals surface area contributed by atoms with E-state index in [-0.39, 0.29) is 5.56 Å². The lowest BCUT2D eigenvalue weighted by Crippen LogP contribution is -2.45. The molecule has 0 amide bonds. The maximum atomic E-state index is 12.5. The third kappa shape index (κ3) is 5.15. The molecule has 1 aliphatic rings. The number of aromatic amines is 1. The van der Waals surface area contributed by atoms with E-state index in [1.54, 1.807) is 32.4 Å². The SMILES string of the molecule is COC(=O)c1ccc2c(=O)[nH]c(CN3CCN(Cc4ccc(OC)c(OC)c4)CC3)nc2c1. The Morgan fingerprint density at radius 1 is 0.939 bits per heavy atom. The average Bonchev–Trinajstić information content (AvgIpc) is 2.84. The number of piperazine rings is 1. The Morgan fingerprint density at radius 3 is 2.30 bits per heavy atom. The van der Waals surface area contributed by atoms with Crippen LogP contribution in [0.15, 0.2) is 41.2 Å². The molecule has 1 saturated heterocycles. The molecule has 1 N–H and O–H groups in total. The molecule has 1 aliphatic heterocycles. The van der Waals surface area contributed by atoms with Gasteiger partial charge in [-0.1, -0.05) is 6.07 Å². The number of methoxy groups -OCH3 is 3. The molecule has 2 heterocycles. The number of esters is 1. The van der Waals surface area contributed by atoms with Crippen molar-refractivity contribution in [1.82, 2.24) is 19.8 Å². The Labute approximate surface area is 191 Å². The molecular weight excluding hydrogens is 424 g/mol. The van der Waals surface area contributed by atoms with Gasteiger partial charge in [0.2, 0.25) is 0 Å². The Bertz CT molecular complexity index is 1200. The number of rotatable bonds is 7. The summed E-state index contributed by atoms with van der Waals surface area (Å²) >= 11 is 0. The molecule has 0 saturated carbocycles. The summed E-state index contributed by atoms with van der Waals surface area (Å²) in [6, 6.07) is 10.8. The van der Waals surface area contributed by atoms with Crippen molar-refractivity contribution >= 4 is 16.9 Å². The summed E-state index contributed by atoms with van der Waals surface area (Å²) in [4.78, 5) is 36.4. The van der Waals surface area contributed by atoms with E-state index < -0.39 is 5.97 Å². The van der Waals surface area contributed by atoms with Crippen LogP contribution in [0.3, 0.4) is 0 Å². The van der Waals surface area contributed by atoms with Gasteiger partial charge in [-0.3, -0.25) is 14.6 Å². The number of nitrogens with zero attached hydrogens (tertiary/aromatic N) is 3. The summed E-state index contributed by atoms with van der Waals surface area (Å²) in [6.07, 6.45) is 0. The predicted octanol–water partition coefficient (Wildman–Crippen LogP) is 2.04. The molecule has 3 aromatic rings. The lowest BCUT2D eigenvalue weighted by Gasteiger charge is -2.34. The van der Waals surface area contributed by atoms with Crippen molar-refractivity contribution in [1.29, 1.82) is 0 Å². The molecule has 1 fully saturated rings. The molecule has 1 aromatic heterocycles. The maximum Gasteiger partial charge on any atom is 0.337 e. The van der Waals surface area contributed by atoms with Crippen LogP contribution in [-0.4, -0.2) is 73.2 Å². The Morgan fingerprint density at radius 2 is 1.64 bits per heavy atom. The Balaban J connectivity index is 1.39. The van der Waals surface area contributed by atoms with Crippen molar-refractivity contribution in [2.24, 2.45) is 0 Å². The summed E-state index contributed by atoms with van der Waals surface area (Å²) in [5.74, 6) is 1.59. The molecule has 174 valence electrons. The summed E-state index contributed by atoms with van der Waals surface area (Å²) in [6.45, 7) is 4.89. The number of hydrogen-bond donors (Lipinski definition) is 1. The van der Waals surface area contributed by atoms with Gasteiger partial charge in [0.05, 0.1) is 44.3 Å². The van der Waals surface area contributed by atoms with Crippen LogP contribution in [0.5, 0.6) is 11.5 Å². The van der Waals surface area contributed by atoms with Crippen LogP contribution in [0.4, 0.5) is 0 Å². The van der Waals surface area contributed by atoms with Gasteiger partial charge >= 0.3 is 5.97 Å². The van der Waals surface area contributed by atoms with E-state index in [0.717, 1.165) is 44.2 Å². The van der Waals surface area contributed by atoms with E-state index in [1.807, 2.05) is 12.1 Å². The van der Waals surface area contributed by atoms with Crippen LogP contribution in [0, 0.1) is 0 Å². The van der Waals surface area contributed by atoms with Crippen molar-refractivity contribution in [2.45, 2.75) is 13.1 Å². The van der Waals surface area contributed by atoms with Gasteiger partial charge in [-0.05, 0) is 35.9 Å². The summed E-state index contributed by atoms with van der Waals surface area (Å²) < 4.78 is 15.5. The highest BCUT2D eigenvalue weighted by molar-refractivity contribution is 5.93. The topological polar surface area (TPSA) is 97.0 Å². The van der Waals surface area contributed by atoms with Crippen LogP contribution in [0.25, 0.3) is 10.9 Å². The zero-order valence-electron chi connectivity index (χ0n) is 19.1. The fourth-order valence-electron chi connectivity index (χ4n) is 4.06. The van der Waals surface area contributed by atoms with E-state index in [2.05, 4.69) is 25.8 Å². The van der Waals surface area contributed by atoms with E-state index in [1.165, 1.54) is 12.7 Å². The molecule has 0 bridgehead atoms. The number of nitrogens with one attached hydrogen (secondary N) is 1. The van der Waals surface area contributed by atoms with Crippen LogP contribution in [0.1, 0.15) is 21.7 Å². The second-order valence-electron chi connectivity index (χ2n) is 7.98. The fourth-order valence-corrected chi connectivity index (χ4v) is 4.06. The highest BCUT2D eigenvalue weighted by Gasteiger charge is 2.19. The van der Waals surface area contributed by atoms with Gasteiger partial charge in [-0.2, -0.15) is 0 Å². The number of aromatic nitrogens is 2. The van der Waals surface area contributed by atoms with Gasteiger partial charge in [0.25, 0.3) is 5.56 Å². The monoisotopic (exact) mass is 452 g/mol. The van der Waals surface area contributed by atoms with Crippen LogP contribution in [-0.2, 0) is 17.8 Å². The largest absolute Gasteiger partial charge is 0.493 e. The highest BCUT2D eigenvalue weighted by atomic mass is 16.5. The third-order valence-corrected chi connectivity index (χ3v) is 5.87. The van der Waals surface area contributed by atoms with Crippen molar-refractivity contribution in [3.63, 3.8) is 0 Å². The number of hydrogen-bond acceptors (Lipinski definition) is 8. The van der Waals surface area contributed by atoms with E-state index in [4.69, 9.17) is 14.2 Å². The standard InChI is InChI=1S/C24H28N4O5/c1-31-20-7-4-16(12-21(20)32-2)14-27-8-10-28(11-9-27)15-22-25-19-13-17(24(30)33-3)5-6-18(19)23(29)26-22/h4-7,12-13H,8-11,14-15H2,1-3H3,(H,25,26,29). The smallest absolute Gasteiger partial charge is 0.337 e. The molecular formula is C24H28N4O5. The van der Waals surface area contributed by atoms with Gasteiger partial charge in [-0.25, -0.2) is 9.78 Å². The van der Waals surface area contributed by atoms with Gasteiger partial charge in [0.1, 0.15) is 5.82 Å². The van der Waals surface area contributed by atoms with Crippen LogP contribution >= 0.6 is 0 Å². The molecule has 0 spiro atoms. The van der Waals surface area contributed by atoms with E-state index >= 15 is 0 Å². The predicted molar refractivity (Wildman–Crippen MR) is 124 cm³/mol. The zero-order chi connectivity index (χ0) is 23.4. The minimum absolute atomic E-state index is 0.210. The van der Waals surface area contributed by atoms with Gasteiger partial charge in [0, 0.05) is 32.7 Å². The van der Waals surface area contributed by atoms with Crippen molar-refractivity contribution in [3.05, 3.63) is 63.7 Å². The molecule has 9 heteroatoms. The second-order valence-corrected chi connectivity index (χ2v) is 7.98. The summed E-state index contributed by atoms with van der Waals surface area (Å²) in [7, 11) is 4.60. The van der Waals surface area contributed by atoms with Crippen molar-refractivity contribution in [3.8, 4) is 11.5 Å². The first-order valence-electron chi connectivity index (χ1n) is 10.8. The van der Waals surface area contributed by atoms with Crippen LogP contribution in [0.2, 0.25) is 0 Å². The number of carbonyl (C=O) groups is 1. The Kier molecular flexibility index (Phi) is 6.90.